The van der Waals surface area contributed by atoms with Gasteiger partial charge in [-0.15, -0.1) is 0 Å². The number of hydrogen-bond donors (Lipinski definition) is 1. The van der Waals surface area contributed by atoms with Crippen LogP contribution in [0.5, 0.6) is 0 Å². The van der Waals surface area contributed by atoms with E-state index < -0.39 is 0 Å². The molecule has 1 N–H and O–H groups in total. The predicted octanol–water partition coefficient (Wildman–Crippen LogP) is 2.17. The maximum Gasteiger partial charge on any atom is 0.0281 e. The minimum absolute atomic E-state index is 0.424. The molecule has 0 radical (unpaired) electrons. The van der Waals surface area contributed by atoms with Gasteiger partial charge in [0, 0.05) is 11.6 Å². The summed E-state index contributed by atoms with van der Waals surface area (Å²) in [5.41, 5.74) is 0.902. The summed E-state index contributed by atoms with van der Waals surface area (Å²) in [5, 5.41) is 3.46. The second-order valence-corrected chi connectivity index (χ2v) is 5.18. The van der Waals surface area contributed by atoms with Crippen molar-refractivity contribution in [1.29, 1.82) is 0 Å². The number of hydrogen-bond acceptors (Lipinski definition) is 1. The van der Waals surface area contributed by atoms with Crippen LogP contribution in [0, 0.1) is 5.41 Å². The molecule has 1 rings (SSSR count). The van der Waals surface area contributed by atoms with Crippen LogP contribution in [0.15, 0.2) is 0 Å². The summed E-state index contributed by atoms with van der Waals surface area (Å²) >= 11 is 0. The predicted molar refractivity (Wildman–Crippen MR) is 45.1 cm³/mol. The summed E-state index contributed by atoms with van der Waals surface area (Å²) in [7, 11) is 0. The molecule has 0 bridgehead atoms. The van der Waals surface area contributed by atoms with Crippen LogP contribution in [0.3, 0.4) is 0 Å². The van der Waals surface area contributed by atoms with Crippen LogP contribution in [0.4, 0.5) is 0 Å². The highest BCUT2D eigenvalue weighted by Crippen LogP contribution is 2.34. The molecular formula is C9H19N. The Kier molecular flexibility index (Phi) is 1.59. The lowest BCUT2D eigenvalue weighted by Gasteiger charge is -2.17. The van der Waals surface area contributed by atoms with Crippen molar-refractivity contribution < 1.29 is 0 Å². The van der Waals surface area contributed by atoms with E-state index in [2.05, 4.69) is 39.9 Å². The van der Waals surface area contributed by atoms with E-state index in [1.807, 2.05) is 0 Å². The summed E-state index contributed by atoms with van der Waals surface area (Å²) in [6.07, 6.45) is 1.29. The van der Waals surface area contributed by atoms with Gasteiger partial charge in [-0.2, -0.15) is 0 Å². The minimum Gasteiger partial charge on any atom is -0.306 e. The molecule has 1 atom stereocenters. The van der Waals surface area contributed by atoms with Crippen molar-refractivity contribution in [1.82, 2.24) is 5.32 Å². The highest BCUT2D eigenvalue weighted by atomic mass is 15.2. The van der Waals surface area contributed by atoms with Crippen LogP contribution in [-0.4, -0.2) is 11.6 Å². The van der Waals surface area contributed by atoms with E-state index >= 15 is 0 Å². The molecule has 0 saturated carbocycles. The molecule has 1 heterocycles. The Bertz CT molecular complexity index is 130. The molecule has 0 aromatic carbocycles. The van der Waals surface area contributed by atoms with Gasteiger partial charge in [0.05, 0.1) is 0 Å². The Labute approximate surface area is 64.2 Å². The largest absolute Gasteiger partial charge is 0.306 e. The minimum atomic E-state index is 0.424. The van der Waals surface area contributed by atoms with Crippen LogP contribution in [-0.2, 0) is 0 Å². The lowest BCUT2D eigenvalue weighted by molar-refractivity contribution is 0.367. The van der Waals surface area contributed by atoms with Crippen molar-refractivity contribution >= 4 is 0 Å². The molecule has 0 aromatic heterocycles. The van der Waals surface area contributed by atoms with Crippen molar-refractivity contribution in [2.75, 3.05) is 0 Å². The van der Waals surface area contributed by atoms with E-state index in [1.165, 1.54) is 6.42 Å². The normalized spacial score (nSPS) is 30.3. The van der Waals surface area contributed by atoms with E-state index in [4.69, 9.17) is 0 Å². The fourth-order valence-electron chi connectivity index (χ4n) is 1.33. The molecule has 1 nitrogen and oxygen atoms in total. The van der Waals surface area contributed by atoms with Crippen LogP contribution in [0.1, 0.15) is 41.0 Å². The molecule has 0 spiro atoms. The van der Waals surface area contributed by atoms with Gasteiger partial charge in [-0.3, -0.25) is 0 Å². The number of rotatable bonds is 1. The van der Waals surface area contributed by atoms with Crippen molar-refractivity contribution in [3.63, 3.8) is 0 Å². The average molecular weight is 141 g/mol. The lowest BCUT2D eigenvalue weighted by atomic mass is 9.88. The second-order valence-electron chi connectivity index (χ2n) is 5.18. The topological polar surface area (TPSA) is 21.9 Å². The molecular weight excluding hydrogens is 122 g/mol. The average Bonchev–Trinajstić information content (AvgIpc) is 2.05. The zero-order chi connectivity index (χ0) is 7.99. The maximum absolute atomic E-state index is 3.46. The van der Waals surface area contributed by atoms with Gasteiger partial charge < -0.3 is 5.32 Å². The van der Waals surface area contributed by atoms with Crippen molar-refractivity contribution in [2.45, 2.75) is 52.6 Å². The van der Waals surface area contributed by atoms with Crippen LogP contribution in [0.25, 0.3) is 0 Å². The van der Waals surface area contributed by atoms with E-state index in [-0.39, 0.29) is 0 Å². The standard InChI is InChI=1S/C9H19N/c1-8(2,3)6-7-9(4,5)10-7/h7,10H,6H2,1-5H3. The summed E-state index contributed by atoms with van der Waals surface area (Å²) in [5.74, 6) is 0. The summed E-state index contributed by atoms with van der Waals surface area (Å²) in [4.78, 5) is 0. The van der Waals surface area contributed by atoms with Crippen molar-refractivity contribution in [2.24, 2.45) is 5.41 Å². The van der Waals surface area contributed by atoms with Crippen LogP contribution in [0.2, 0.25) is 0 Å². The molecule has 60 valence electrons. The van der Waals surface area contributed by atoms with Gasteiger partial charge in [0.2, 0.25) is 0 Å². The van der Waals surface area contributed by atoms with E-state index in [1.54, 1.807) is 0 Å². The molecule has 1 aliphatic rings. The SMILES string of the molecule is CC(C)(C)CC1NC1(C)C. The quantitative estimate of drug-likeness (QED) is 0.555. The fraction of sp³-hybridized carbons (Fsp3) is 1.00. The van der Waals surface area contributed by atoms with E-state index in [0.29, 0.717) is 11.0 Å². The smallest absolute Gasteiger partial charge is 0.0281 e. The van der Waals surface area contributed by atoms with Crippen LogP contribution < -0.4 is 5.32 Å². The van der Waals surface area contributed by atoms with Crippen molar-refractivity contribution in [3.05, 3.63) is 0 Å². The highest BCUT2D eigenvalue weighted by Gasteiger charge is 2.45. The third-order valence-electron chi connectivity index (χ3n) is 2.15. The first-order valence-corrected chi connectivity index (χ1v) is 4.09. The Morgan fingerprint density at radius 3 is 1.80 bits per heavy atom. The van der Waals surface area contributed by atoms with Gasteiger partial charge in [-0.1, -0.05) is 20.8 Å². The van der Waals surface area contributed by atoms with E-state index in [9.17, 15) is 0 Å². The lowest BCUT2D eigenvalue weighted by Crippen LogP contribution is -2.13. The monoisotopic (exact) mass is 141 g/mol. The molecule has 0 aliphatic carbocycles. The molecule has 10 heavy (non-hydrogen) atoms. The Balaban J connectivity index is 2.31. The van der Waals surface area contributed by atoms with Gasteiger partial charge >= 0.3 is 0 Å². The fourth-order valence-corrected chi connectivity index (χ4v) is 1.33. The Hall–Kier alpha value is -0.0400. The second kappa shape index (κ2) is 1.97. The third-order valence-corrected chi connectivity index (χ3v) is 2.15. The molecule has 1 saturated heterocycles. The van der Waals surface area contributed by atoms with Crippen molar-refractivity contribution in [3.8, 4) is 0 Å². The van der Waals surface area contributed by atoms with E-state index in [0.717, 1.165) is 6.04 Å². The summed E-state index contributed by atoms with van der Waals surface area (Å²) in [6.45, 7) is 11.4. The molecule has 0 aromatic rings. The zero-order valence-electron chi connectivity index (χ0n) is 7.78. The van der Waals surface area contributed by atoms with Gasteiger partial charge in [0.15, 0.2) is 0 Å². The van der Waals surface area contributed by atoms with Gasteiger partial charge in [0.1, 0.15) is 0 Å². The summed E-state index contributed by atoms with van der Waals surface area (Å²) < 4.78 is 0. The zero-order valence-corrected chi connectivity index (χ0v) is 7.78. The molecule has 1 heteroatoms. The maximum atomic E-state index is 3.46. The Morgan fingerprint density at radius 2 is 1.70 bits per heavy atom. The van der Waals surface area contributed by atoms with Gasteiger partial charge in [-0.05, 0) is 25.7 Å². The molecule has 1 fully saturated rings. The number of nitrogens with one attached hydrogen (secondary N) is 1. The van der Waals surface area contributed by atoms with Crippen LogP contribution >= 0.6 is 0 Å². The first-order chi connectivity index (χ1) is 4.31. The van der Waals surface area contributed by atoms with Gasteiger partial charge in [0.25, 0.3) is 0 Å². The third kappa shape index (κ3) is 1.98. The molecule has 0 amide bonds. The summed E-state index contributed by atoms with van der Waals surface area (Å²) in [6, 6.07) is 0.757. The Morgan fingerprint density at radius 1 is 1.30 bits per heavy atom. The highest BCUT2D eigenvalue weighted by molar-refractivity contribution is 5.08. The molecule has 1 aliphatic heterocycles. The first kappa shape index (κ1) is 8.06. The molecule has 1 unspecified atom stereocenters. The van der Waals surface area contributed by atoms with Gasteiger partial charge in [-0.25, -0.2) is 0 Å². The first-order valence-electron chi connectivity index (χ1n) is 4.09.